The van der Waals surface area contributed by atoms with E-state index in [0.717, 1.165) is 6.42 Å². The fourth-order valence-corrected chi connectivity index (χ4v) is 0.837. The van der Waals surface area contributed by atoms with Gasteiger partial charge in [-0.3, -0.25) is 5.32 Å². The second kappa shape index (κ2) is 27.2. The first-order chi connectivity index (χ1) is 9.44. The molecule has 0 aromatic heterocycles. The zero-order chi connectivity index (χ0) is 17.0. The van der Waals surface area contributed by atoms with Crippen LogP contribution in [-0.2, 0) is 4.74 Å². The van der Waals surface area contributed by atoms with Gasteiger partial charge in [-0.2, -0.15) is 0 Å². The van der Waals surface area contributed by atoms with Crippen LogP contribution in [0.1, 0.15) is 47.5 Å². The van der Waals surface area contributed by atoms with Crippen molar-refractivity contribution in [3.8, 4) is 0 Å². The van der Waals surface area contributed by atoms with E-state index in [2.05, 4.69) is 31.0 Å². The van der Waals surface area contributed by atoms with Crippen LogP contribution in [0.2, 0.25) is 0 Å². The fraction of sp³-hybridized carbons (Fsp3) is 1.00. The standard InChI is InChI=1S/C8H19NO2.C3H8.C2H7NO.C2H6/c1-7(9(2)3)5-8(6-10)11-4;1-3-2;1-3-2-4;1-2/h7-8,10H,5-6H2,1-4H3;3H2,1-2H3;3-4H,2H2,1H3;1-2H3. The highest BCUT2D eigenvalue weighted by molar-refractivity contribution is 4.66. The number of hydrogen-bond donors (Lipinski definition) is 3. The SMILES string of the molecule is CC.CCC.CNCO.COC(CO)CC(C)N(C)C. The molecule has 0 radical (unpaired) electrons. The molecule has 3 N–H and O–H groups in total. The first-order valence-electron chi connectivity index (χ1n) is 7.50. The van der Waals surface area contributed by atoms with Crippen molar-refractivity contribution in [2.24, 2.45) is 0 Å². The van der Waals surface area contributed by atoms with Crippen molar-refractivity contribution in [2.45, 2.75) is 59.6 Å². The van der Waals surface area contributed by atoms with Gasteiger partial charge in [0.1, 0.15) is 0 Å². The maximum absolute atomic E-state index is 8.81. The van der Waals surface area contributed by atoms with Gasteiger partial charge in [-0.15, -0.1) is 0 Å². The summed E-state index contributed by atoms with van der Waals surface area (Å²) in [5.74, 6) is 0. The predicted molar refractivity (Wildman–Crippen MR) is 89.1 cm³/mol. The smallest absolute Gasteiger partial charge is 0.0929 e. The molecule has 0 spiro atoms. The molecule has 2 atom stereocenters. The van der Waals surface area contributed by atoms with Gasteiger partial charge in [0.05, 0.1) is 19.4 Å². The molecule has 0 aliphatic heterocycles. The molecule has 20 heavy (non-hydrogen) atoms. The Morgan fingerprint density at radius 3 is 1.65 bits per heavy atom. The Morgan fingerprint density at radius 1 is 1.15 bits per heavy atom. The topological polar surface area (TPSA) is 65.0 Å². The van der Waals surface area contributed by atoms with Gasteiger partial charge in [0.25, 0.3) is 0 Å². The van der Waals surface area contributed by atoms with Crippen LogP contribution >= 0.6 is 0 Å². The van der Waals surface area contributed by atoms with Crippen LogP contribution in [0.4, 0.5) is 0 Å². The Kier molecular flexibility index (Phi) is 38.1. The molecule has 0 heterocycles. The number of rotatable bonds is 6. The average Bonchev–Trinajstić information content (AvgIpc) is 2.47. The Balaban J connectivity index is -0.000000118. The largest absolute Gasteiger partial charge is 0.394 e. The Hall–Kier alpha value is -0.200. The maximum atomic E-state index is 8.81. The maximum Gasteiger partial charge on any atom is 0.0929 e. The summed E-state index contributed by atoms with van der Waals surface area (Å²) < 4.78 is 5.04. The molecule has 5 heteroatoms. The van der Waals surface area contributed by atoms with E-state index in [0.29, 0.717) is 6.04 Å². The number of aliphatic hydroxyl groups is 2. The zero-order valence-electron chi connectivity index (χ0n) is 15.2. The number of aliphatic hydroxyl groups excluding tert-OH is 2. The predicted octanol–water partition coefficient (Wildman–Crippen LogP) is 1.93. The van der Waals surface area contributed by atoms with Crippen molar-refractivity contribution in [2.75, 3.05) is 41.6 Å². The summed E-state index contributed by atoms with van der Waals surface area (Å²) in [6, 6.07) is 0.451. The molecule has 0 rings (SSSR count). The van der Waals surface area contributed by atoms with E-state index in [9.17, 15) is 0 Å². The van der Waals surface area contributed by atoms with Crippen LogP contribution in [0.5, 0.6) is 0 Å². The van der Waals surface area contributed by atoms with E-state index >= 15 is 0 Å². The summed E-state index contributed by atoms with van der Waals surface area (Å²) in [7, 11) is 7.35. The zero-order valence-corrected chi connectivity index (χ0v) is 15.2. The summed E-state index contributed by atoms with van der Waals surface area (Å²) >= 11 is 0. The van der Waals surface area contributed by atoms with Crippen molar-refractivity contribution < 1.29 is 14.9 Å². The summed E-state index contributed by atoms with van der Waals surface area (Å²) in [4.78, 5) is 2.11. The first-order valence-corrected chi connectivity index (χ1v) is 7.50. The van der Waals surface area contributed by atoms with Crippen LogP contribution in [-0.4, -0.2) is 68.8 Å². The van der Waals surface area contributed by atoms with Gasteiger partial charge < -0.3 is 19.8 Å². The Morgan fingerprint density at radius 2 is 1.50 bits per heavy atom. The molecular weight excluding hydrogens is 256 g/mol. The molecule has 0 bridgehead atoms. The number of ether oxygens (including phenoxy) is 1. The van der Waals surface area contributed by atoms with Gasteiger partial charge in [0, 0.05) is 13.2 Å². The highest BCUT2D eigenvalue weighted by Gasteiger charge is 2.12. The second-order valence-corrected chi connectivity index (χ2v) is 4.31. The van der Waals surface area contributed by atoms with Crippen molar-refractivity contribution in [1.29, 1.82) is 0 Å². The molecule has 0 aromatic carbocycles. The van der Waals surface area contributed by atoms with Crippen molar-refractivity contribution in [3.63, 3.8) is 0 Å². The van der Waals surface area contributed by atoms with Crippen molar-refractivity contribution >= 4 is 0 Å². The lowest BCUT2D eigenvalue weighted by atomic mass is 10.1. The number of nitrogens with zero attached hydrogens (tertiary/aromatic N) is 1. The van der Waals surface area contributed by atoms with Gasteiger partial charge in [0.15, 0.2) is 0 Å². The fourth-order valence-electron chi connectivity index (χ4n) is 0.837. The third-order valence-corrected chi connectivity index (χ3v) is 2.18. The van der Waals surface area contributed by atoms with Crippen LogP contribution < -0.4 is 5.32 Å². The van der Waals surface area contributed by atoms with Crippen LogP contribution in [0.3, 0.4) is 0 Å². The summed E-state index contributed by atoms with van der Waals surface area (Å²) in [5, 5.41) is 19.1. The minimum atomic E-state index is -0.0209. The van der Waals surface area contributed by atoms with E-state index in [-0.39, 0.29) is 19.4 Å². The quantitative estimate of drug-likeness (QED) is 0.654. The lowest BCUT2D eigenvalue weighted by Gasteiger charge is -2.23. The molecule has 128 valence electrons. The molecule has 0 amide bonds. The molecule has 0 fully saturated rings. The van der Waals surface area contributed by atoms with Crippen LogP contribution in [0.25, 0.3) is 0 Å². The number of methoxy groups -OCH3 is 1. The molecule has 0 aliphatic carbocycles. The lowest BCUT2D eigenvalue weighted by Crippen LogP contribution is -2.31. The monoisotopic (exact) mass is 296 g/mol. The number of hydrogen-bond acceptors (Lipinski definition) is 5. The average molecular weight is 296 g/mol. The van der Waals surface area contributed by atoms with Crippen LogP contribution in [0, 0.1) is 0 Å². The van der Waals surface area contributed by atoms with E-state index in [4.69, 9.17) is 14.9 Å². The minimum Gasteiger partial charge on any atom is -0.394 e. The molecule has 0 aliphatic rings. The third kappa shape index (κ3) is 30.7. The third-order valence-electron chi connectivity index (χ3n) is 2.18. The highest BCUT2D eigenvalue weighted by atomic mass is 16.5. The normalized spacial score (nSPS) is 12.0. The van der Waals surface area contributed by atoms with Crippen molar-refractivity contribution in [3.05, 3.63) is 0 Å². The van der Waals surface area contributed by atoms with E-state index < -0.39 is 0 Å². The molecule has 0 aromatic rings. The summed E-state index contributed by atoms with van der Waals surface area (Å²) in [6.45, 7) is 10.5. The minimum absolute atomic E-state index is 0.0209. The Bertz CT molecular complexity index is 130. The number of nitrogens with one attached hydrogen (secondary N) is 1. The molecule has 2 unspecified atom stereocenters. The van der Waals surface area contributed by atoms with Gasteiger partial charge in [-0.05, 0) is 34.5 Å². The van der Waals surface area contributed by atoms with Gasteiger partial charge >= 0.3 is 0 Å². The molecule has 5 nitrogen and oxygen atoms in total. The van der Waals surface area contributed by atoms with Gasteiger partial charge in [-0.25, -0.2) is 0 Å². The molecular formula is C15H40N2O3. The molecule has 0 saturated heterocycles. The van der Waals surface area contributed by atoms with E-state index in [1.807, 2.05) is 27.9 Å². The van der Waals surface area contributed by atoms with E-state index in [1.54, 1.807) is 14.2 Å². The van der Waals surface area contributed by atoms with Gasteiger partial charge in [-0.1, -0.05) is 34.1 Å². The lowest BCUT2D eigenvalue weighted by molar-refractivity contribution is 0.0287. The first kappa shape index (κ1) is 28.0. The summed E-state index contributed by atoms with van der Waals surface area (Å²) in [5.41, 5.74) is 0. The van der Waals surface area contributed by atoms with Crippen molar-refractivity contribution in [1.82, 2.24) is 10.2 Å². The van der Waals surface area contributed by atoms with Crippen LogP contribution in [0.15, 0.2) is 0 Å². The Labute approximate surface area is 127 Å². The van der Waals surface area contributed by atoms with Gasteiger partial charge in [0.2, 0.25) is 0 Å². The van der Waals surface area contributed by atoms with E-state index in [1.165, 1.54) is 6.42 Å². The summed E-state index contributed by atoms with van der Waals surface area (Å²) in [6.07, 6.45) is 2.10. The second-order valence-electron chi connectivity index (χ2n) is 4.31. The highest BCUT2D eigenvalue weighted by Crippen LogP contribution is 2.04. The molecule has 0 saturated carbocycles.